The number of nitrogens with zero attached hydrogens (tertiary/aromatic N) is 3. The van der Waals surface area contributed by atoms with Crippen LogP contribution in [0.3, 0.4) is 0 Å². The zero-order valence-electron chi connectivity index (χ0n) is 10.1. The Kier molecular flexibility index (Phi) is 2.90. The second kappa shape index (κ2) is 4.46. The van der Waals surface area contributed by atoms with Gasteiger partial charge in [0.15, 0.2) is 10.4 Å². The maximum absolute atomic E-state index is 11.9. The SMILES string of the molecule is Cc1sc2nc(NC(=O)c3ccc(Br)o3)nn2c1C. The summed E-state index contributed by atoms with van der Waals surface area (Å²) in [4.78, 5) is 18.0. The number of rotatable bonds is 2. The van der Waals surface area contributed by atoms with Gasteiger partial charge in [0.1, 0.15) is 0 Å². The molecule has 0 saturated heterocycles. The van der Waals surface area contributed by atoms with E-state index in [0.29, 0.717) is 4.67 Å². The maximum atomic E-state index is 11.9. The lowest BCUT2D eigenvalue weighted by Crippen LogP contribution is -2.12. The predicted molar refractivity (Wildman–Crippen MR) is 74.7 cm³/mol. The van der Waals surface area contributed by atoms with E-state index in [1.54, 1.807) is 16.6 Å². The molecule has 0 saturated carbocycles. The molecule has 3 heterocycles. The average Bonchev–Trinajstić information content (AvgIpc) is 3.00. The number of aryl methyl sites for hydroxylation is 2. The summed E-state index contributed by atoms with van der Waals surface area (Å²) in [6.45, 7) is 3.97. The molecule has 0 aliphatic carbocycles. The number of aromatic nitrogens is 3. The molecule has 0 aliphatic heterocycles. The molecular formula is C11H9BrN4O2S. The predicted octanol–water partition coefficient (Wildman–Crippen LogP) is 3.02. The second-order valence-corrected chi connectivity index (χ2v) is 5.89. The molecule has 8 heteroatoms. The van der Waals surface area contributed by atoms with Gasteiger partial charge in [0.05, 0.1) is 5.69 Å². The Labute approximate surface area is 120 Å². The van der Waals surface area contributed by atoms with Crippen LogP contribution in [0.15, 0.2) is 21.2 Å². The van der Waals surface area contributed by atoms with Crippen LogP contribution in [0.4, 0.5) is 5.95 Å². The maximum Gasteiger partial charge on any atom is 0.293 e. The van der Waals surface area contributed by atoms with Crippen LogP contribution in [-0.4, -0.2) is 20.5 Å². The first kappa shape index (κ1) is 12.4. The van der Waals surface area contributed by atoms with Crippen molar-refractivity contribution in [3.63, 3.8) is 0 Å². The summed E-state index contributed by atoms with van der Waals surface area (Å²) in [7, 11) is 0. The average molecular weight is 341 g/mol. The molecule has 0 radical (unpaired) electrons. The molecule has 0 unspecified atom stereocenters. The van der Waals surface area contributed by atoms with Crippen molar-refractivity contribution in [3.05, 3.63) is 33.1 Å². The van der Waals surface area contributed by atoms with Crippen molar-refractivity contribution >= 4 is 44.1 Å². The summed E-state index contributed by atoms with van der Waals surface area (Å²) < 4.78 is 7.38. The Morgan fingerprint density at radius 2 is 2.26 bits per heavy atom. The van der Waals surface area contributed by atoms with Gasteiger partial charge in [-0.2, -0.15) is 4.98 Å². The molecule has 1 N–H and O–H groups in total. The fourth-order valence-electron chi connectivity index (χ4n) is 1.59. The van der Waals surface area contributed by atoms with Crippen LogP contribution >= 0.6 is 27.3 Å². The van der Waals surface area contributed by atoms with Crippen LogP contribution in [0.1, 0.15) is 21.1 Å². The van der Waals surface area contributed by atoms with Crippen molar-refractivity contribution < 1.29 is 9.21 Å². The molecule has 1 amide bonds. The highest BCUT2D eigenvalue weighted by atomic mass is 79.9. The van der Waals surface area contributed by atoms with Crippen molar-refractivity contribution in [1.29, 1.82) is 0 Å². The zero-order chi connectivity index (χ0) is 13.6. The highest BCUT2D eigenvalue weighted by Gasteiger charge is 2.15. The fraction of sp³-hybridized carbons (Fsp3) is 0.182. The molecule has 19 heavy (non-hydrogen) atoms. The fourth-order valence-corrected chi connectivity index (χ4v) is 2.81. The van der Waals surface area contributed by atoms with Gasteiger partial charge in [-0.15, -0.1) is 5.10 Å². The smallest absolute Gasteiger partial charge is 0.293 e. The van der Waals surface area contributed by atoms with Gasteiger partial charge in [-0.3, -0.25) is 10.1 Å². The minimum absolute atomic E-state index is 0.206. The number of anilines is 1. The van der Waals surface area contributed by atoms with Crippen molar-refractivity contribution in [1.82, 2.24) is 14.6 Å². The standard InChI is InChI=1S/C11H9BrN4O2S/c1-5-6(2)19-11-14-10(15-16(5)11)13-9(17)7-3-4-8(12)18-7/h3-4H,1-2H3,(H,13,15,17). The van der Waals surface area contributed by atoms with Gasteiger partial charge in [0.2, 0.25) is 4.96 Å². The Balaban J connectivity index is 1.87. The van der Waals surface area contributed by atoms with E-state index in [0.717, 1.165) is 15.5 Å². The van der Waals surface area contributed by atoms with Crippen LogP contribution in [0.2, 0.25) is 0 Å². The van der Waals surface area contributed by atoms with Crippen LogP contribution in [0.5, 0.6) is 0 Å². The van der Waals surface area contributed by atoms with Gasteiger partial charge >= 0.3 is 0 Å². The van der Waals surface area contributed by atoms with Crippen molar-refractivity contribution in [3.8, 4) is 0 Å². The van der Waals surface area contributed by atoms with E-state index in [2.05, 4.69) is 31.3 Å². The van der Waals surface area contributed by atoms with Gasteiger partial charge in [0, 0.05) is 4.88 Å². The first-order valence-electron chi connectivity index (χ1n) is 5.44. The highest BCUT2D eigenvalue weighted by molar-refractivity contribution is 9.10. The number of fused-ring (bicyclic) bond motifs is 1. The lowest BCUT2D eigenvalue weighted by molar-refractivity contribution is 0.0994. The summed E-state index contributed by atoms with van der Waals surface area (Å²) in [5, 5.41) is 6.84. The summed E-state index contributed by atoms with van der Waals surface area (Å²) in [5.74, 6) is 0.100. The number of hydrogen-bond acceptors (Lipinski definition) is 5. The highest BCUT2D eigenvalue weighted by Crippen LogP contribution is 2.21. The number of amides is 1. The zero-order valence-corrected chi connectivity index (χ0v) is 12.5. The van der Waals surface area contributed by atoms with E-state index in [1.807, 2.05) is 13.8 Å². The quantitative estimate of drug-likeness (QED) is 0.778. The molecule has 0 aliphatic rings. The van der Waals surface area contributed by atoms with Gasteiger partial charge < -0.3 is 4.42 Å². The summed E-state index contributed by atoms with van der Waals surface area (Å²) in [6, 6.07) is 3.23. The third-order valence-electron chi connectivity index (χ3n) is 2.67. The van der Waals surface area contributed by atoms with E-state index in [9.17, 15) is 4.79 Å². The van der Waals surface area contributed by atoms with Crippen LogP contribution in [0.25, 0.3) is 4.96 Å². The number of thiazole rings is 1. The number of carbonyl (C=O) groups excluding carboxylic acids is 1. The van der Waals surface area contributed by atoms with Crippen molar-refractivity contribution in [2.75, 3.05) is 5.32 Å². The molecule has 3 aromatic heterocycles. The third kappa shape index (κ3) is 2.17. The summed E-state index contributed by atoms with van der Waals surface area (Å²) in [6.07, 6.45) is 0. The first-order chi connectivity index (χ1) is 9.04. The largest absolute Gasteiger partial charge is 0.444 e. The molecule has 0 atom stereocenters. The first-order valence-corrected chi connectivity index (χ1v) is 7.05. The minimum Gasteiger partial charge on any atom is -0.444 e. The molecule has 3 aromatic rings. The Morgan fingerprint density at radius 1 is 1.47 bits per heavy atom. The third-order valence-corrected chi connectivity index (χ3v) is 4.15. The van der Waals surface area contributed by atoms with E-state index < -0.39 is 0 Å². The monoisotopic (exact) mass is 340 g/mol. The Hall–Kier alpha value is -1.67. The molecule has 98 valence electrons. The molecule has 3 rings (SSSR count). The Bertz CT molecular complexity index is 773. The second-order valence-electron chi connectivity index (χ2n) is 3.93. The van der Waals surface area contributed by atoms with Crippen molar-refractivity contribution in [2.45, 2.75) is 13.8 Å². The van der Waals surface area contributed by atoms with Crippen molar-refractivity contribution in [2.24, 2.45) is 0 Å². The summed E-state index contributed by atoms with van der Waals surface area (Å²) >= 11 is 4.68. The lowest BCUT2D eigenvalue weighted by atomic mass is 10.4. The van der Waals surface area contributed by atoms with E-state index >= 15 is 0 Å². The number of halogens is 1. The molecular weight excluding hydrogens is 332 g/mol. The normalized spacial score (nSPS) is 11.1. The number of furan rings is 1. The van der Waals surface area contributed by atoms with Gasteiger partial charge in [0.25, 0.3) is 11.9 Å². The van der Waals surface area contributed by atoms with E-state index in [4.69, 9.17) is 4.42 Å². The van der Waals surface area contributed by atoms with Gasteiger partial charge in [-0.05, 0) is 41.9 Å². The number of hydrogen-bond donors (Lipinski definition) is 1. The Morgan fingerprint density at radius 3 is 2.89 bits per heavy atom. The molecule has 0 bridgehead atoms. The van der Waals surface area contributed by atoms with E-state index in [-0.39, 0.29) is 17.6 Å². The number of nitrogens with one attached hydrogen (secondary N) is 1. The van der Waals surface area contributed by atoms with Crippen LogP contribution in [0, 0.1) is 13.8 Å². The molecule has 0 spiro atoms. The molecule has 0 fully saturated rings. The lowest BCUT2D eigenvalue weighted by Gasteiger charge is -1.96. The summed E-state index contributed by atoms with van der Waals surface area (Å²) in [5.41, 5.74) is 1.02. The van der Waals surface area contributed by atoms with Crippen LogP contribution in [-0.2, 0) is 0 Å². The topological polar surface area (TPSA) is 72.4 Å². The minimum atomic E-state index is -0.377. The number of carbonyl (C=O) groups is 1. The molecule has 0 aromatic carbocycles. The van der Waals surface area contributed by atoms with Gasteiger partial charge in [-0.1, -0.05) is 11.3 Å². The van der Waals surface area contributed by atoms with E-state index in [1.165, 1.54) is 11.3 Å². The van der Waals surface area contributed by atoms with Gasteiger partial charge in [-0.25, -0.2) is 4.52 Å². The van der Waals surface area contributed by atoms with Crippen LogP contribution < -0.4 is 5.32 Å². The molecule has 6 nitrogen and oxygen atoms in total.